The van der Waals surface area contributed by atoms with Crippen LogP contribution in [0.15, 0.2) is 35.2 Å². The number of nitrogens with one attached hydrogen (secondary N) is 1. The number of amides is 1. The van der Waals surface area contributed by atoms with Crippen LogP contribution >= 0.6 is 11.6 Å². The molecule has 7 nitrogen and oxygen atoms in total. The Morgan fingerprint density at radius 3 is 2.68 bits per heavy atom. The number of rotatable bonds is 6. The first-order chi connectivity index (χ1) is 13.3. The SMILES string of the molecule is Cc1nn(C)c(Cl)c1/C=C/C(=O)Nc1ccc(S(=O)(=O)CC2CCCO2)cc1. The van der Waals surface area contributed by atoms with Gasteiger partial charge in [0, 0.05) is 31.0 Å². The second-order valence-corrected chi connectivity index (χ2v) is 9.07. The Morgan fingerprint density at radius 1 is 1.39 bits per heavy atom. The van der Waals surface area contributed by atoms with E-state index in [1.165, 1.54) is 22.9 Å². The minimum atomic E-state index is -3.42. The van der Waals surface area contributed by atoms with Crippen molar-refractivity contribution in [2.24, 2.45) is 7.05 Å². The predicted octanol–water partition coefficient (Wildman–Crippen LogP) is 2.99. The molecule has 1 fully saturated rings. The van der Waals surface area contributed by atoms with Crippen molar-refractivity contribution >= 4 is 39.1 Å². The molecule has 9 heteroatoms. The number of sulfone groups is 1. The summed E-state index contributed by atoms with van der Waals surface area (Å²) in [5, 5.41) is 7.32. The highest BCUT2D eigenvalue weighted by atomic mass is 35.5. The fraction of sp³-hybridized carbons (Fsp3) is 0.368. The predicted molar refractivity (Wildman–Crippen MR) is 108 cm³/mol. The largest absolute Gasteiger partial charge is 0.377 e. The van der Waals surface area contributed by atoms with Crippen LogP contribution in [0.1, 0.15) is 24.1 Å². The van der Waals surface area contributed by atoms with Crippen LogP contribution in [0.5, 0.6) is 0 Å². The number of aromatic nitrogens is 2. The zero-order valence-corrected chi connectivity index (χ0v) is 17.3. The van der Waals surface area contributed by atoms with Crippen molar-refractivity contribution in [1.82, 2.24) is 9.78 Å². The van der Waals surface area contributed by atoms with Gasteiger partial charge in [-0.25, -0.2) is 8.42 Å². The highest BCUT2D eigenvalue weighted by Gasteiger charge is 2.24. The molecule has 2 aromatic rings. The number of anilines is 1. The van der Waals surface area contributed by atoms with E-state index < -0.39 is 9.84 Å². The summed E-state index contributed by atoms with van der Waals surface area (Å²) in [6.07, 6.45) is 4.37. The number of benzene rings is 1. The lowest BCUT2D eigenvalue weighted by Crippen LogP contribution is -2.20. The lowest BCUT2D eigenvalue weighted by atomic mass is 10.2. The van der Waals surface area contributed by atoms with Crippen molar-refractivity contribution in [1.29, 1.82) is 0 Å². The van der Waals surface area contributed by atoms with Crippen molar-refractivity contribution in [3.05, 3.63) is 46.8 Å². The van der Waals surface area contributed by atoms with E-state index in [4.69, 9.17) is 16.3 Å². The van der Waals surface area contributed by atoms with Gasteiger partial charge in [-0.3, -0.25) is 9.48 Å². The van der Waals surface area contributed by atoms with Crippen LogP contribution in [0.4, 0.5) is 5.69 Å². The molecule has 28 heavy (non-hydrogen) atoms. The second-order valence-electron chi connectivity index (χ2n) is 6.68. The summed E-state index contributed by atoms with van der Waals surface area (Å²) in [6.45, 7) is 2.42. The third-order valence-electron chi connectivity index (χ3n) is 4.51. The van der Waals surface area contributed by atoms with Gasteiger partial charge in [-0.2, -0.15) is 5.10 Å². The van der Waals surface area contributed by atoms with Gasteiger partial charge in [0.2, 0.25) is 5.91 Å². The number of hydrogen-bond donors (Lipinski definition) is 1. The average molecular weight is 424 g/mol. The van der Waals surface area contributed by atoms with Crippen molar-refractivity contribution < 1.29 is 17.9 Å². The van der Waals surface area contributed by atoms with Crippen LogP contribution < -0.4 is 5.32 Å². The zero-order chi connectivity index (χ0) is 20.3. The van der Waals surface area contributed by atoms with Gasteiger partial charge in [0.15, 0.2) is 9.84 Å². The quantitative estimate of drug-likeness (QED) is 0.721. The maximum absolute atomic E-state index is 12.4. The molecular weight excluding hydrogens is 402 g/mol. The van der Waals surface area contributed by atoms with Crippen molar-refractivity contribution in [3.8, 4) is 0 Å². The van der Waals surface area contributed by atoms with Gasteiger partial charge >= 0.3 is 0 Å². The maximum atomic E-state index is 12.4. The normalized spacial score (nSPS) is 17.3. The molecule has 2 heterocycles. The van der Waals surface area contributed by atoms with Crippen LogP contribution in [0.2, 0.25) is 5.15 Å². The number of ether oxygens (including phenoxy) is 1. The molecule has 0 saturated carbocycles. The Kier molecular flexibility index (Phi) is 6.22. The van der Waals surface area contributed by atoms with E-state index >= 15 is 0 Å². The summed E-state index contributed by atoms with van der Waals surface area (Å²) in [5.41, 5.74) is 1.90. The third kappa shape index (κ3) is 4.81. The van der Waals surface area contributed by atoms with Gasteiger partial charge in [-0.15, -0.1) is 0 Å². The Balaban J connectivity index is 1.63. The molecule has 1 aromatic heterocycles. The summed E-state index contributed by atoms with van der Waals surface area (Å²) >= 11 is 6.13. The molecule has 1 saturated heterocycles. The summed E-state index contributed by atoms with van der Waals surface area (Å²) in [4.78, 5) is 12.3. The van der Waals surface area contributed by atoms with E-state index in [2.05, 4.69) is 10.4 Å². The van der Waals surface area contributed by atoms with Gasteiger partial charge in [-0.1, -0.05) is 11.6 Å². The molecule has 0 radical (unpaired) electrons. The molecule has 1 unspecified atom stereocenters. The Hall–Kier alpha value is -2.16. The number of carbonyl (C=O) groups is 1. The first-order valence-corrected chi connectivity index (χ1v) is 10.9. The Morgan fingerprint density at radius 2 is 2.11 bits per heavy atom. The van der Waals surface area contributed by atoms with Crippen molar-refractivity contribution in [2.45, 2.75) is 30.8 Å². The molecule has 1 amide bonds. The summed E-state index contributed by atoms with van der Waals surface area (Å²) in [5.74, 6) is -0.374. The molecule has 1 N–H and O–H groups in total. The Labute approximate surface area is 169 Å². The maximum Gasteiger partial charge on any atom is 0.248 e. The number of hydrogen-bond acceptors (Lipinski definition) is 5. The van der Waals surface area contributed by atoms with Gasteiger partial charge in [0.1, 0.15) is 5.15 Å². The molecule has 1 aromatic carbocycles. The molecular formula is C19H22ClN3O4S. The molecule has 1 aliphatic rings. The van der Waals surface area contributed by atoms with E-state index in [1.54, 1.807) is 32.2 Å². The molecule has 1 atom stereocenters. The summed E-state index contributed by atoms with van der Waals surface area (Å²) in [6, 6.07) is 6.12. The van der Waals surface area contributed by atoms with Crippen LogP contribution in [0, 0.1) is 6.92 Å². The highest BCUT2D eigenvalue weighted by Crippen LogP contribution is 2.22. The average Bonchev–Trinajstić information content (AvgIpc) is 3.22. The van der Waals surface area contributed by atoms with Crippen LogP contribution in [0.3, 0.4) is 0 Å². The highest BCUT2D eigenvalue weighted by molar-refractivity contribution is 7.91. The number of nitrogens with zero attached hydrogens (tertiary/aromatic N) is 2. The van der Waals surface area contributed by atoms with E-state index in [-0.39, 0.29) is 22.7 Å². The van der Waals surface area contributed by atoms with Crippen LogP contribution in [-0.4, -0.2) is 42.6 Å². The lowest BCUT2D eigenvalue weighted by molar-refractivity contribution is -0.111. The van der Waals surface area contributed by atoms with Gasteiger partial charge in [-0.05, 0) is 50.1 Å². The molecule has 1 aliphatic heterocycles. The van der Waals surface area contributed by atoms with E-state index in [1.807, 2.05) is 0 Å². The van der Waals surface area contributed by atoms with Crippen LogP contribution in [0.25, 0.3) is 6.08 Å². The lowest BCUT2D eigenvalue weighted by Gasteiger charge is -2.10. The Bertz CT molecular complexity index is 991. The molecule has 0 spiro atoms. The number of aryl methyl sites for hydroxylation is 2. The first kappa shape index (κ1) is 20.6. The summed E-state index contributed by atoms with van der Waals surface area (Å²) < 4.78 is 31.8. The molecule has 150 valence electrons. The van der Waals surface area contributed by atoms with E-state index in [0.717, 1.165) is 18.5 Å². The molecule has 0 aliphatic carbocycles. The number of halogens is 1. The standard InChI is InChI=1S/C19H22ClN3O4S/c1-13-17(19(20)23(2)22-13)9-10-18(24)21-14-5-7-16(8-6-14)28(25,26)12-15-4-3-11-27-15/h5-10,15H,3-4,11-12H2,1-2H3,(H,21,24)/b10-9+. The van der Waals surface area contributed by atoms with Crippen molar-refractivity contribution in [2.75, 3.05) is 17.7 Å². The van der Waals surface area contributed by atoms with Gasteiger partial charge < -0.3 is 10.1 Å². The van der Waals surface area contributed by atoms with Crippen LogP contribution in [-0.2, 0) is 26.4 Å². The fourth-order valence-electron chi connectivity index (χ4n) is 3.04. The topological polar surface area (TPSA) is 90.3 Å². The van der Waals surface area contributed by atoms with E-state index in [9.17, 15) is 13.2 Å². The smallest absolute Gasteiger partial charge is 0.248 e. The third-order valence-corrected chi connectivity index (χ3v) is 6.76. The monoisotopic (exact) mass is 423 g/mol. The minimum absolute atomic E-state index is 0.0212. The second kappa shape index (κ2) is 8.46. The van der Waals surface area contributed by atoms with Gasteiger partial charge in [0.25, 0.3) is 0 Å². The summed E-state index contributed by atoms with van der Waals surface area (Å²) in [7, 11) is -1.69. The number of carbonyl (C=O) groups excluding carboxylic acids is 1. The van der Waals surface area contributed by atoms with Gasteiger partial charge in [0.05, 0.1) is 22.4 Å². The fourth-order valence-corrected chi connectivity index (χ4v) is 4.77. The van der Waals surface area contributed by atoms with E-state index in [0.29, 0.717) is 23.0 Å². The first-order valence-electron chi connectivity index (χ1n) is 8.89. The zero-order valence-electron chi connectivity index (χ0n) is 15.7. The van der Waals surface area contributed by atoms with Crippen molar-refractivity contribution in [3.63, 3.8) is 0 Å². The molecule has 0 bridgehead atoms. The molecule has 3 rings (SSSR count). The minimum Gasteiger partial charge on any atom is -0.377 e.